The lowest BCUT2D eigenvalue weighted by Gasteiger charge is -2.28. The van der Waals surface area contributed by atoms with Crippen LogP contribution in [0.3, 0.4) is 0 Å². The number of hydrogen-bond acceptors (Lipinski definition) is 4. The van der Waals surface area contributed by atoms with Gasteiger partial charge >= 0.3 is 5.97 Å². The molecular weight excluding hydrogens is 308 g/mol. The summed E-state index contributed by atoms with van der Waals surface area (Å²) in [6.45, 7) is 1.80. The molecule has 0 radical (unpaired) electrons. The van der Waals surface area contributed by atoms with E-state index in [0.717, 1.165) is 31.1 Å². The monoisotopic (exact) mass is 330 g/mol. The van der Waals surface area contributed by atoms with Crippen LogP contribution in [0, 0.1) is 5.41 Å². The molecule has 24 heavy (non-hydrogen) atoms. The number of carboxylic acid groups (broad SMARTS) is 1. The van der Waals surface area contributed by atoms with Gasteiger partial charge in [-0.05, 0) is 31.9 Å². The number of carboxylic acids is 1. The highest BCUT2D eigenvalue weighted by Crippen LogP contribution is 2.36. The number of fused-ring (bicyclic) bond motifs is 1. The standard InChI is InChI=1S/C18H22N2O4/c1-12(15-10-13-11-19-9-6-14(13)24-15)20-16(21)18(17(22)23)7-4-2-3-5-8-18/h6,9-12H,2-5,7-8H2,1H3,(H,20,21)(H,22,23). The number of aromatic nitrogens is 1. The second-order valence-corrected chi connectivity index (χ2v) is 6.56. The number of hydrogen-bond donors (Lipinski definition) is 2. The maximum Gasteiger partial charge on any atom is 0.319 e. The van der Waals surface area contributed by atoms with Crippen LogP contribution in [0.25, 0.3) is 11.0 Å². The normalized spacial score (nSPS) is 18.7. The molecule has 0 bridgehead atoms. The van der Waals surface area contributed by atoms with E-state index in [1.165, 1.54) is 0 Å². The fraction of sp³-hybridized carbons (Fsp3) is 0.500. The molecule has 1 saturated carbocycles. The molecule has 0 aliphatic heterocycles. The van der Waals surface area contributed by atoms with E-state index in [1.807, 2.05) is 6.07 Å². The molecule has 1 unspecified atom stereocenters. The van der Waals surface area contributed by atoms with Crippen LogP contribution in [0.4, 0.5) is 0 Å². The second kappa shape index (κ2) is 6.63. The van der Waals surface area contributed by atoms with Crippen molar-refractivity contribution in [3.8, 4) is 0 Å². The molecular formula is C18H22N2O4. The van der Waals surface area contributed by atoms with Gasteiger partial charge in [-0.1, -0.05) is 25.7 Å². The highest BCUT2D eigenvalue weighted by Gasteiger charge is 2.46. The van der Waals surface area contributed by atoms with Crippen molar-refractivity contribution in [2.75, 3.05) is 0 Å². The number of nitrogens with one attached hydrogen (secondary N) is 1. The van der Waals surface area contributed by atoms with Gasteiger partial charge in [-0.25, -0.2) is 0 Å². The van der Waals surface area contributed by atoms with Gasteiger partial charge in [0.15, 0.2) is 0 Å². The van der Waals surface area contributed by atoms with Crippen molar-refractivity contribution in [1.82, 2.24) is 10.3 Å². The molecule has 0 saturated heterocycles. The lowest BCUT2D eigenvalue weighted by Crippen LogP contribution is -2.47. The number of aliphatic carboxylic acids is 1. The summed E-state index contributed by atoms with van der Waals surface area (Å²) in [5.74, 6) is -0.841. The van der Waals surface area contributed by atoms with E-state index < -0.39 is 23.3 Å². The molecule has 6 nitrogen and oxygen atoms in total. The van der Waals surface area contributed by atoms with Crippen molar-refractivity contribution >= 4 is 22.8 Å². The van der Waals surface area contributed by atoms with E-state index in [9.17, 15) is 14.7 Å². The fourth-order valence-corrected chi connectivity index (χ4v) is 3.39. The van der Waals surface area contributed by atoms with Crippen LogP contribution in [0.15, 0.2) is 28.9 Å². The van der Waals surface area contributed by atoms with Crippen molar-refractivity contribution in [2.45, 2.75) is 51.5 Å². The molecule has 1 fully saturated rings. The summed E-state index contributed by atoms with van der Waals surface area (Å²) in [6.07, 6.45) is 7.62. The number of carbonyl (C=O) groups excluding carboxylic acids is 1. The molecule has 0 spiro atoms. The van der Waals surface area contributed by atoms with Gasteiger partial charge in [0.2, 0.25) is 5.91 Å². The molecule has 1 atom stereocenters. The Morgan fingerprint density at radius 3 is 2.62 bits per heavy atom. The van der Waals surface area contributed by atoms with Gasteiger partial charge in [0, 0.05) is 17.8 Å². The van der Waals surface area contributed by atoms with Gasteiger partial charge < -0.3 is 14.8 Å². The smallest absolute Gasteiger partial charge is 0.319 e. The molecule has 1 amide bonds. The minimum atomic E-state index is -1.32. The second-order valence-electron chi connectivity index (χ2n) is 6.56. The van der Waals surface area contributed by atoms with Crippen LogP contribution in [0.2, 0.25) is 0 Å². The Bertz CT molecular complexity index is 711. The van der Waals surface area contributed by atoms with Crippen LogP contribution >= 0.6 is 0 Å². The van der Waals surface area contributed by atoms with E-state index in [0.29, 0.717) is 24.2 Å². The molecule has 2 aromatic rings. The van der Waals surface area contributed by atoms with Crippen LogP contribution in [0.5, 0.6) is 0 Å². The Morgan fingerprint density at radius 2 is 2.00 bits per heavy atom. The highest BCUT2D eigenvalue weighted by atomic mass is 16.4. The predicted octanol–water partition coefficient (Wildman–Crippen LogP) is 3.43. The third kappa shape index (κ3) is 3.00. The molecule has 128 valence electrons. The predicted molar refractivity (Wildman–Crippen MR) is 88.3 cm³/mol. The summed E-state index contributed by atoms with van der Waals surface area (Å²) in [4.78, 5) is 28.6. The first kappa shape index (κ1) is 16.5. The SMILES string of the molecule is CC(NC(=O)C1(C(=O)O)CCCCCC1)c1cc2cnccc2o1. The van der Waals surface area contributed by atoms with Crippen molar-refractivity contribution < 1.29 is 19.1 Å². The highest BCUT2D eigenvalue weighted by molar-refractivity contribution is 6.02. The van der Waals surface area contributed by atoms with E-state index >= 15 is 0 Å². The van der Waals surface area contributed by atoms with E-state index in [4.69, 9.17) is 4.42 Å². The molecule has 2 heterocycles. The zero-order chi connectivity index (χ0) is 17.2. The zero-order valence-electron chi connectivity index (χ0n) is 13.7. The average molecular weight is 330 g/mol. The Hall–Kier alpha value is -2.37. The van der Waals surface area contributed by atoms with Crippen LogP contribution in [-0.2, 0) is 9.59 Å². The van der Waals surface area contributed by atoms with Crippen LogP contribution in [-0.4, -0.2) is 22.0 Å². The summed E-state index contributed by atoms with van der Waals surface area (Å²) in [6, 6.07) is 3.19. The Kier molecular flexibility index (Phi) is 4.55. The lowest BCUT2D eigenvalue weighted by atomic mass is 9.79. The summed E-state index contributed by atoms with van der Waals surface area (Å²) in [5.41, 5.74) is -0.623. The summed E-state index contributed by atoms with van der Waals surface area (Å²) in [5, 5.41) is 13.4. The van der Waals surface area contributed by atoms with Gasteiger partial charge in [0.1, 0.15) is 16.8 Å². The average Bonchev–Trinajstić information content (AvgIpc) is 2.83. The van der Waals surface area contributed by atoms with E-state index in [1.54, 1.807) is 25.4 Å². The van der Waals surface area contributed by atoms with E-state index in [-0.39, 0.29) is 0 Å². The first-order valence-corrected chi connectivity index (χ1v) is 8.41. The number of carbonyl (C=O) groups is 2. The van der Waals surface area contributed by atoms with Gasteiger partial charge in [-0.3, -0.25) is 14.6 Å². The number of furan rings is 1. The van der Waals surface area contributed by atoms with Crippen LogP contribution in [0.1, 0.15) is 57.3 Å². The summed E-state index contributed by atoms with van der Waals surface area (Å²) < 4.78 is 5.73. The van der Waals surface area contributed by atoms with Gasteiger partial charge in [-0.15, -0.1) is 0 Å². The van der Waals surface area contributed by atoms with Gasteiger partial charge in [-0.2, -0.15) is 0 Å². The third-order valence-corrected chi connectivity index (χ3v) is 4.91. The van der Waals surface area contributed by atoms with Crippen molar-refractivity contribution in [3.05, 3.63) is 30.3 Å². The lowest BCUT2D eigenvalue weighted by molar-refractivity contribution is -0.157. The minimum absolute atomic E-state index is 0.394. The van der Waals surface area contributed by atoms with Gasteiger partial charge in [0.25, 0.3) is 0 Å². The van der Waals surface area contributed by atoms with Crippen molar-refractivity contribution in [1.29, 1.82) is 0 Å². The zero-order valence-corrected chi connectivity index (χ0v) is 13.7. The number of nitrogens with zero attached hydrogens (tertiary/aromatic N) is 1. The summed E-state index contributed by atoms with van der Waals surface area (Å²) >= 11 is 0. The number of rotatable bonds is 4. The summed E-state index contributed by atoms with van der Waals surface area (Å²) in [7, 11) is 0. The van der Waals surface area contributed by atoms with Crippen molar-refractivity contribution in [2.24, 2.45) is 5.41 Å². The molecule has 1 aliphatic carbocycles. The largest absolute Gasteiger partial charge is 0.480 e. The fourth-order valence-electron chi connectivity index (χ4n) is 3.39. The first-order valence-electron chi connectivity index (χ1n) is 8.41. The molecule has 0 aromatic carbocycles. The molecule has 2 N–H and O–H groups in total. The maximum absolute atomic E-state index is 12.8. The molecule has 6 heteroatoms. The Balaban J connectivity index is 1.79. The molecule has 1 aliphatic rings. The third-order valence-electron chi connectivity index (χ3n) is 4.91. The molecule has 2 aromatic heterocycles. The maximum atomic E-state index is 12.8. The van der Waals surface area contributed by atoms with Crippen LogP contribution < -0.4 is 5.32 Å². The van der Waals surface area contributed by atoms with Crippen molar-refractivity contribution in [3.63, 3.8) is 0 Å². The van der Waals surface area contributed by atoms with Gasteiger partial charge in [0.05, 0.1) is 6.04 Å². The minimum Gasteiger partial charge on any atom is -0.480 e. The number of amides is 1. The first-order chi connectivity index (χ1) is 11.5. The quantitative estimate of drug-likeness (QED) is 0.662. The molecule has 3 rings (SSSR count). The van der Waals surface area contributed by atoms with E-state index in [2.05, 4.69) is 10.3 Å². The Labute approximate surface area is 140 Å². The topological polar surface area (TPSA) is 92.4 Å². The Morgan fingerprint density at radius 1 is 1.29 bits per heavy atom. The number of pyridine rings is 1.